The fraction of sp³-hybridized carbons (Fsp3) is 0.318. The number of hydrogen-bond acceptors (Lipinski definition) is 7. The number of nitrogens with one attached hydrogen (secondary N) is 1. The van der Waals surface area contributed by atoms with Crippen molar-refractivity contribution in [2.45, 2.75) is 46.1 Å². The van der Waals surface area contributed by atoms with Crippen LogP contribution in [0.3, 0.4) is 0 Å². The largest absolute Gasteiger partial charge is 0.491 e. The summed E-state index contributed by atoms with van der Waals surface area (Å²) >= 11 is 1.31. The van der Waals surface area contributed by atoms with E-state index in [1.165, 1.54) is 35.6 Å². The average molecular weight is 492 g/mol. The molecule has 33 heavy (non-hydrogen) atoms. The third-order valence-electron chi connectivity index (χ3n) is 4.21. The molecule has 1 heterocycles. The van der Waals surface area contributed by atoms with E-state index in [0.29, 0.717) is 27.9 Å². The van der Waals surface area contributed by atoms with E-state index in [1.807, 2.05) is 34.6 Å². The predicted molar refractivity (Wildman–Crippen MR) is 127 cm³/mol. The Bertz CT molecular complexity index is 1180. The lowest BCUT2D eigenvalue weighted by atomic mass is 9.98. The Morgan fingerprint density at radius 3 is 2.21 bits per heavy atom. The zero-order valence-electron chi connectivity index (χ0n) is 18.9. The van der Waals surface area contributed by atoms with Crippen molar-refractivity contribution in [2.24, 2.45) is 0 Å². The summed E-state index contributed by atoms with van der Waals surface area (Å²) in [7, 11) is -4.35. The summed E-state index contributed by atoms with van der Waals surface area (Å²) in [5.41, 5.74) is 0.115. The minimum absolute atomic E-state index is 0.113. The van der Waals surface area contributed by atoms with Gasteiger partial charge in [0.2, 0.25) is 5.13 Å². The van der Waals surface area contributed by atoms with Gasteiger partial charge in [-0.15, -0.1) is 10.2 Å². The van der Waals surface area contributed by atoms with E-state index in [2.05, 4.69) is 15.5 Å². The van der Waals surface area contributed by atoms with Crippen molar-refractivity contribution in [2.75, 3.05) is 5.32 Å². The minimum atomic E-state index is -4.35. The lowest BCUT2D eigenvalue weighted by molar-refractivity contribution is 0.102. The lowest BCUT2D eigenvalue weighted by Crippen LogP contribution is -2.13. The molecule has 1 aromatic heterocycles. The van der Waals surface area contributed by atoms with Crippen LogP contribution < -0.4 is 20.1 Å². The van der Waals surface area contributed by atoms with Crippen molar-refractivity contribution < 1.29 is 28.6 Å². The van der Waals surface area contributed by atoms with Gasteiger partial charge in [-0.05, 0) is 50.2 Å². The smallest absolute Gasteiger partial charge is 0.356 e. The second-order valence-corrected chi connectivity index (χ2v) is 11.2. The number of hydrogen-bond donors (Lipinski definition) is 3. The number of amides is 1. The lowest BCUT2D eigenvalue weighted by Gasteiger charge is -2.14. The van der Waals surface area contributed by atoms with Crippen molar-refractivity contribution in [3.63, 3.8) is 0 Å². The summed E-state index contributed by atoms with van der Waals surface area (Å²) in [6.07, 6.45) is -0.129. The first-order valence-electron chi connectivity index (χ1n) is 10.1. The van der Waals surface area contributed by atoms with Gasteiger partial charge in [-0.3, -0.25) is 14.7 Å². The van der Waals surface area contributed by atoms with Crippen LogP contribution in [-0.2, 0) is 9.98 Å². The molecule has 9 nitrogen and oxygen atoms in total. The molecule has 0 radical (unpaired) electrons. The molecule has 0 spiro atoms. The van der Waals surface area contributed by atoms with E-state index in [4.69, 9.17) is 9.47 Å². The van der Waals surface area contributed by atoms with Crippen LogP contribution in [0.4, 0.5) is 5.13 Å². The van der Waals surface area contributed by atoms with Gasteiger partial charge in [0.25, 0.3) is 5.91 Å². The highest BCUT2D eigenvalue weighted by Gasteiger charge is 2.21. The second kappa shape index (κ2) is 9.61. The number of carbonyl (C=O) groups is 1. The first-order chi connectivity index (χ1) is 15.3. The zero-order chi connectivity index (χ0) is 24.4. The zero-order valence-corrected chi connectivity index (χ0v) is 20.6. The maximum absolute atomic E-state index is 12.9. The van der Waals surface area contributed by atoms with Crippen LogP contribution in [0.15, 0.2) is 42.5 Å². The summed E-state index contributed by atoms with van der Waals surface area (Å²) in [5.74, 6) is 0.712. The molecule has 0 bridgehead atoms. The Kier molecular flexibility index (Phi) is 7.23. The first-order valence-corrected chi connectivity index (χ1v) is 12.6. The Balaban J connectivity index is 1.85. The molecule has 3 N–H and O–H groups in total. The highest BCUT2D eigenvalue weighted by atomic mass is 32.1. The molecule has 0 saturated heterocycles. The van der Waals surface area contributed by atoms with E-state index < -0.39 is 13.5 Å². The first kappa shape index (κ1) is 24.9. The Morgan fingerprint density at radius 2 is 1.67 bits per heavy atom. The molecule has 1 amide bonds. The van der Waals surface area contributed by atoms with Crippen molar-refractivity contribution in [1.82, 2.24) is 10.2 Å². The van der Waals surface area contributed by atoms with Crippen molar-refractivity contribution in [3.8, 4) is 17.2 Å². The monoisotopic (exact) mass is 491 g/mol. The van der Waals surface area contributed by atoms with E-state index in [0.717, 1.165) is 5.01 Å². The summed E-state index contributed by atoms with van der Waals surface area (Å²) < 4.78 is 22.9. The number of aromatic nitrogens is 2. The maximum Gasteiger partial charge on any atom is 0.356 e. The van der Waals surface area contributed by atoms with E-state index in [1.54, 1.807) is 18.2 Å². The Morgan fingerprint density at radius 1 is 1.03 bits per heavy atom. The third kappa shape index (κ3) is 6.85. The van der Waals surface area contributed by atoms with E-state index >= 15 is 0 Å². The van der Waals surface area contributed by atoms with Gasteiger partial charge in [0.1, 0.15) is 22.3 Å². The van der Waals surface area contributed by atoms with Gasteiger partial charge in [-0.2, -0.15) is 0 Å². The van der Waals surface area contributed by atoms with Crippen LogP contribution in [0.2, 0.25) is 0 Å². The molecule has 0 unspecified atom stereocenters. The molecule has 0 saturated carbocycles. The number of carbonyl (C=O) groups excluding carboxylic acids is 1. The maximum atomic E-state index is 12.9. The number of rotatable bonds is 7. The summed E-state index contributed by atoms with van der Waals surface area (Å²) in [6, 6.07) is 10.3. The van der Waals surface area contributed by atoms with Crippen LogP contribution in [0.5, 0.6) is 17.2 Å². The molecule has 2 aromatic carbocycles. The molecule has 11 heteroatoms. The van der Waals surface area contributed by atoms with Gasteiger partial charge in [0.05, 0.1) is 11.4 Å². The summed E-state index contributed by atoms with van der Waals surface area (Å²) in [5, 5.41) is 12.0. The normalized spacial score (nSPS) is 12.0. The van der Waals surface area contributed by atoms with Crippen molar-refractivity contribution in [3.05, 3.63) is 53.0 Å². The van der Waals surface area contributed by atoms with Crippen LogP contribution in [0.1, 0.15) is 50.0 Å². The molecule has 176 valence electrons. The topological polar surface area (TPSA) is 131 Å². The quantitative estimate of drug-likeness (QED) is 0.413. The standard InChI is InChI=1S/C22H26N3O6PS/c1-13(2)30-16-10-14(19(26)23-21-25-24-20(33-21)22(3,4)5)11-17(12-16)31-15-6-8-18(9-7-15)32(27,28)29/h6-13H,1-5H3,(H,23,25,26)(H2,27,28,29). The Hall–Kier alpha value is -2.78. The number of anilines is 1. The van der Waals surface area contributed by atoms with Crippen molar-refractivity contribution in [1.29, 1.82) is 0 Å². The molecule has 0 aliphatic rings. The van der Waals surface area contributed by atoms with E-state index in [9.17, 15) is 19.1 Å². The van der Waals surface area contributed by atoms with Gasteiger partial charge in [0, 0.05) is 17.0 Å². The summed E-state index contributed by atoms with van der Waals surface area (Å²) in [4.78, 5) is 31.4. The van der Waals surface area contributed by atoms with Crippen LogP contribution >= 0.6 is 18.9 Å². The number of benzene rings is 2. The second-order valence-electron chi connectivity index (χ2n) is 8.62. The molecular weight excluding hydrogens is 465 g/mol. The number of ether oxygens (including phenoxy) is 2. The third-order valence-corrected chi connectivity index (χ3v) is 6.45. The van der Waals surface area contributed by atoms with Gasteiger partial charge >= 0.3 is 7.60 Å². The predicted octanol–water partition coefficient (Wildman–Crippen LogP) is 4.47. The minimum Gasteiger partial charge on any atom is -0.491 e. The fourth-order valence-electron chi connectivity index (χ4n) is 2.69. The molecular formula is C22H26N3O6PS. The van der Waals surface area contributed by atoms with Crippen molar-refractivity contribution >= 4 is 35.3 Å². The van der Waals surface area contributed by atoms with E-state index in [-0.39, 0.29) is 16.8 Å². The fourth-order valence-corrected chi connectivity index (χ4v) is 4.03. The van der Waals surface area contributed by atoms with Crippen LogP contribution in [0, 0.1) is 0 Å². The molecule has 0 aliphatic carbocycles. The van der Waals surface area contributed by atoms with Gasteiger partial charge in [-0.1, -0.05) is 32.1 Å². The van der Waals surface area contributed by atoms with Crippen LogP contribution in [-0.4, -0.2) is 32.0 Å². The average Bonchev–Trinajstić information content (AvgIpc) is 3.16. The molecule has 0 aliphatic heterocycles. The van der Waals surface area contributed by atoms with Gasteiger partial charge in [-0.25, -0.2) is 0 Å². The molecule has 0 fully saturated rings. The molecule has 0 atom stereocenters. The molecule has 3 rings (SSSR count). The summed E-state index contributed by atoms with van der Waals surface area (Å²) in [6.45, 7) is 9.78. The number of nitrogens with zero attached hydrogens (tertiary/aromatic N) is 2. The molecule has 3 aromatic rings. The SMILES string of the molecule is CC(C)Oc1cc(Oc2ccc(P(=O)(O)O)cc2)cc(C(=O)Nc2nnc(C(C)(C)C)s2)c1. The highest BCUT2D eigenvalue weighted by molar-refractivity contribution is 7.60. The van der Waals surface area contributed by atoms with Gasteiger partial charge in [0.15, 0.2) is 0 Å². The van der Waals surface area contributed by atoms with Crippen LogP contribution in [0.25, 0.3) is 0 Å². The highest BCUT2D eigenvalue weighted by Crippen LogP contribution is 2.35. The van der Waals surface area contributed by atoms with Gasteiger partial charge < -0.3 is 19.3 Å². The Labute approximate surface area is 196 Å².